The number of rotatable bonds is 4. The Morgan fingerprint density at radius 2 is 1.85 bits per heavy atom. The van der Waals surface area contributed by atoms with Crippen LogP contribution >= 0.6 is 24.8 Å². The summed E-state index contributed by atoms with van der Waals surface area (Å²) in [4.78, 5) is 16.6. The number of nitrogens with zero attached hydrogens (tertiary/aromatic N) is 1. The van der Waals surface area contributed by atoms with Crippen LogP contribution in [0.15, 0.2) is 36.5 Å². The van der Waals surface area contributed by atoms with Gasteiger partial charge in [-0.15, -0.1) is 24.8 Å². The number of carbonyl (C=O) groups excluding carboxylic acids is 1. The van der Waals surface area contributed by atoms with Crippen molar-refractivity contribution < 1.29 is 14.3 Å². The maximum absolute atomic E-state index is 12.4. The third kappa shape index (κ3) is 5.81. The van der Waals surface area contributed by atoms with Gasteiger partial charge in [-0.3, -0.25) is 4.79 Å². The van der Waals surface area contributed by atoms with Crippen molar-refractivity contribution in [2.24, 2.45) is 5.73 Å². The Labute approximate surface area is 171 Å². The molecule has 0 spiro atoms. The number of ether oxygens (including phenoxy) is 2. The fourth-order valence-electron chi connectivity index (χ4n) is 2.63. The molecule has 3 N–H and O–H groups in total. The van der Waals surface area contributed by atoms with Gasteiger partial charge in [-0.2, -0.15) is 0 Å². The van der Waals surface area contributed by atoms with Crippen LogP contribution in [0.5, 0.6) is 11.6 Å². The predicted molar refractivity (Wildman–Crippen MR) is 110 cm³/mol. The number of hydrogen-bond acceptors (Lipinski definition) is 5. The highest BCUT2D eigenvalue weighted by atomic mass is 35.5. The van der Waals surface area contributed by atoms with Crippen molar-refractivity contribution in [2.45, 2.75) is 32.2 Å². The number of halogens is 2. The monoisotopic (exact) mass is 413 g/mol. The molecule has 0 unspecified atom stereocenters. The summed E-state index contributed by atoms with van der Waals surface area (Å²) in [6, 6.07) is 9.36. The van der Waals surface area contributed by atoms with Gasteiger partial charge in [-0.25, -0.2) is 4.98 Å². The number of hydrogen-bond donors (Lipinski definition) is 2. The third-order valence-electron chi connectivity index (χ3n) is 4.53. The summed E-state index contributed by atoms with van der Waals surface area (Å²) >= 11 is 0. The van der Waals surface area contributed by atoms with Crippen LogP contribution < -0.4 is 15.8 Å². The number of nitrogens with one attached hydrogen (secondary N) is 1. The zero-order valence-corrected chi connectivity index (χ0v) is 17.0. The zero-order valence-electron chi connectivity index (χ0n) is 15.4. The average Bonchev–Trinajstić information content (AvgIpc) is 2.60. The van der Waals surface area contributed by atoms with Gasteiger partial charge < -0.3 is 20.5 Å². The molecule has 1 saturated heterocycles. The van der Waals surface area contributed by atoms with E-state index in [1.165, 1.54) is 5.56 Å². The minimum Gasteiger partial charge on any atom is -0.439 e. The van der Waals surface area contributed by atoms with Gasteiger partial charge >= 0.3 is 0 Å². The molecule has 2 aromatic rings. The van der Waals surface area contributed by atoms with Crippen molar-refractivity contribution in [1.29, 1.82) is 0 Å². The molecule has 27 heavy (non-hydrogen) atoms. The summed E-state index contributed by atoms with van der Waals surface area (Å²) in [7, 11) is 0. The van der Waals surface area contributed by atoms with Crippen LogP contribution in [0.1, 0.15) is 24.0 Å². The lowest BCUT2D eigenvalue weighted by molar-refractivity contribution is -0.124. The van der Waals surface area contributed by atoms with Crippen molar-refractivity contribution in [3.8, 4) is 11.6 Å². The quantitative estimate of drug-likeness (QED) is 0.795. The number of aromatic nitrogens is 1. The highest BCUT2D eigenvalue weighted by molar-refractivity contribution is 5.97. The van der Waals surface area contributed by atoms with Crippen molar-refractivity contribution >= 4 is 36.4 Å². The molecule has 1 aliphatic heterocycles. The number of amides is 1. The van der Waals surface area contributed by atoms with E-state index in [2.05, 4.69) is 17.2 Å². The minimum absolute atomic E-state index is 0. The van der Waals surface area contributed by atoms with Gasteiger partial charge in [0.1, 0.15) is 11.3 Å². The Hall–Kier alpha value is -1.86. The van der Waals surface area contributed by atoms with Gasteiger partial charge in [0, 0.05) is 19.3 Å². The van der Waals surface area contributed by atoms with Gasteiger partial charge in [0.15, 0.2) is 0 Å². The second-order valence-corrected chi connectivity index (χ2v) is 6.46. The van der Waals surface area contributed by atoms with Crippen LogP contribution in [-0.2, 0) is 9.53 Å². The summed E-state index contributed by atoms with van der Waals surface area (Å²) in [5.74, 6) is 0.991. The van der Waals surface area contributed by atoms with Crippen LogP contribution in [0.2, 0.25) is 0 Å². The fourth-order valence-corrected chi connectivity index (χ4v) is 2.63. The first-order valence-electron chi connectivity index (χ1n) is 8.35. The molecule has 0 atom stereocenters. The summed E-state index contributed by atoms with van der Waals surface area (Å²) in [6.07, 6.45) is 2.59. The maximum atomic E-state index is 12.4. The van der Waals surface area contributed by atoms with Gasteiger partial charge in [-0.05, 0) is 56.0 Å². The number of nitrogens with two attached hydrogens (primary N) is 1. The van der Waals surface area contributed by atoms with Crippen molar-refractivity contribution in [2.75, 3.05) is 18.5 Å². The topological polar surface area (TPSA) is 86.5 Å². The molecule has 2 heterocycles. The van der Waals surface area contributed by atoms with Crippen molar-refractivity contribution in [1.82, 2.24) is 4.98 Å². The lowest BCUT2D eigenvalue weighted by Gasteiger charge is -2.31. The zero-order chi connectivity index (χ0) is 17.9. The number of carbonyl (C=O) groups is 1. The molecule has 0 bridgehead atoms. The van der Waals surface area contributed by atoms with Crippen LogP contribution in [0.25, 0.3) is 0 Å². The molecular weight excluding hydrogens is 389 g/mol. The number of anilines is 1. The number of aryl methyl sites for hydroxylation is 2. The van der Waals surface area contributed by atoms with Crippen molar-refractivity contribution in [3.63, 3.8) is 0 Å². The Kier molecular flexibility index (Phi) is 8.50. The molecule has 1 aromatic heterocycles. The molecule has 0 aliphatic carbocycles. The van der Waals surface area contributed by atoms with Crippen LogP contribution in [0.3, 0.4) is 0 Å². The van der Waals surface area contributed by atoms with Crippen LogP contribution in [-0.4, -0.2) is 29.6 Å². The van der Waals surface area contributed by atoms with E-state index >= 15 is 0 Å². The highest BCUT2D eigenvalue weighted by Gasteiger charge is 2.35. The maximum Gasteiger partial charge on any atom is 0.244 e. The normalized spacial score (nSPS) is 15.1. The standard InChI is InChI=1S/C19H23N3O3.2ClH/c1-13-3-5-16(11-14(13)2)25-17-6-4-15(12-21-17)22-18(23)19(20)7-9-24-10-8-19;;/h3-6,11-12H,7-10,20H2,1-2H3,(H,22,23);2*1H. The van der Waals surface area contributed by atoms with Crippen molar-refractivity contribution in [3.05, 3.63) is 47.7 Å². The second-order valence-electron chi connectivity index (χ2n) is 6.46. The summed E-state index contributed by atoms with van der Waals surface area (Å²) in [5.41, 5.74) is 8.25. The first-order chi connectivity index (χ1) is 12.0. The molecule has 1 aromatic carbocycles. The molecule has 0 saturated carbocycles. The lowest BCUT2D eigenvalue weighted by atomic mass is 9.90. The van der Waals surface area contributed by atoms with Gasteiger partial charge in [0.25, 0.3) is 0 Å². The van der Waals surface area contributed by atoms with Gasteiger partial charge in [0.05, 0.1) is 11.9 Å². The molecular formula is C19H25Cl2N3O3. The molecule has 6 nitrogen and oxygen atoms in total. The van der Waals surface area contributed by atoms with E-state index in [-0.39, 0.29) is 30.7 Å². The molecule has 0 radical (unpaired) electrons. The summed E-state index contributed by atoms with van der Waals surface area (Å²) in [6.45, 7) is 5.10. The molecule has 1 fully saturated rings. The predicted octanol–water partition coefficient (Wildman–Crippen LogP) is 3.78. The molecule has 1 amide bonds. The van der Waals surface area contributed by atoms with E-state index < -0.39 is 5.54 Å². The SMILES string of the molecule is Cc1ccc(Oc2ccc(NC(=O)C3(N)CCOCC3)cn2)cc1C.Cl.Cl. The molecule has 8 heteroatoms. The van der Waals surface area contributed by atoms with E-state index in [1.807, 2.05) is 25.1 Å². The molecule has 148 valence electrons. The number of pyridine rings is 1. The Bertz CT molecular complexity index is 763. The molecule has 1 aliphatic rings. The van der Waals surface area contributed by atoms with E-state index in [1.54, 1.807) is 18.3 Å². The van der Waals surface area contributed by atoms with Gasteiger partial charge in [-0.1, -0.05) is 6.07 Å². The minimum atomic E-state index is -0.882. The van der Waals surface area contributed by atoms with Crippen LogP contribution in [0, 0.1) is 13.8 Å². The third-order valence-corrected chi connectivity index (χ3v) is 4.53. The highest BCUT2D eigenvalue weighted by Crippen LogP contribution is 2.24. The Morgan fingerprint density at radius 1 is 1.15 bits per heavy atom. The van der Waals surface area contributed by atoms with E-state index in [4.69, 9.17) is 15.2 Å². The Balaban J connectivity index is 0.00000182. The van der Waals surface area contributed by atoms with E-state index in [0.29, 0.717) is 37.6 Å². The molecule has 3 rings (SSSR count). The second kappa shape index (κ2) is 9.90. The van der Waals surface area contributed by atoms with E-state index in [0.717, 1.165) is 11.3 Å². The first kappa shape index (κ1) is 23.2. The lowest BCUT2D eigenvalue weighted by Crippen LogP contribution is -2.54. The first-order valence-corrected chi connectivity index (χ1v) is 8.35. The number of benzene rings is 1. The summed E-state index contributed by atoms with van der Waals surface area (Å²) < 4.78 is 11.0. The fraction of sp³-hybridized carbons (Fsp3) is 0.368. The Morgan fingerprint density at radius 3 is 2.44 bits per heavy atom. The average molecular weight is 414 g/mol. The summed E-state index contributed by atoms with van der Waals surface area (Å²) in [5, 5.41) is 2.82. The van der Waals surface area contributed by atoms with Crippen LogP contribution in [0.4, 0.5) is 5.69 Å². The van der Waals surface area contributed by atoms with Gasteiger partial charge in [0.2, 0.25) is 11.8 Å². The largest absolute Gasteiger partial charge is 0.439 e. The smallest absolute Gasteiger partial charge is 0.244 e. The van der Waals surface area contributed by atoms with E-state index in [9.17, 15) is 4.79 Å².